The van der Waals surface area contributed by atoms with E-state index in [1.54, 1.807) is 0 Å². The zero-order chi connectivity index (χ0) is 41.0. The molecule has 0 aliphatic rings. The first-order valence-electron chi connectivity index (χ1n) is 24.9. The zero-order valence-corrected chi connectivity index (χ0v) is 38.1. The maximum absolute atomic E-state index is 12.7. The first-order valence-corrected chi connectivity index (χ1v) is 24.9. The van der Waals surface area contributed by atoms with Gasteiger partial charge in [0, 0.05) is 19.3 Å². The van der Waals surface area contributed by atoms with Crippen molar-refractivity contribution in [3.8, 4) is 0 Å². The van der Waals surface area contributed by atoms with Crippen LogP contribution in [0.1, 0.15) is 278 Å². The van der Waals surface area contributed by atoms with Gasteiger partial charge in [-0.25, -0.2) is 0 Å². The summed E-state index contributed by atoms with van der Waals surface area (Å²) in [7, 11) is 0. The maximum atomic E-state index is 12.7. The lowest BCUT2D eigenvalue weighted by Gasteiger charge is -2.18. The third kappa shape index (κ3) is 42.0. The van der Waals surface area contributed by atoms with Crippen LogP contribution in [0.2, 0.25) is 0 Å². The molecule has 1 unspecified atom stereocenters. The van der Waals surface area contributed by atoms with Gasteiger partial charge >= 0.3 is 17.9 Å². The van der Waals surface area contributed by atoms with Crippen LogP contribution < -0.4 is 0 Å². The van der Waals surface area contributed by atoms with Gasteiger partial charge in [0.15, 0.2) is 6.10 Å². The van der Waals surface area contributed by atoms with E-state index in [9.17, 15) is 14.4 Å². The normalized spacial score (nSPS) is 12.4. The molecule has 332 valence electrons. The molecule has 0 saturated carbocycles. The predicted molar refractivity (Wildman–Crippen MR) is 238 cm³/mol. The van der Waals surface area contributed by atoms with Crippen LogP contribution in [0.3, 0.4) is 0 Å². The summed E-state index contributed by atoms with van der Waals surface area (Å²) in [5.41, 5.74) is 0. The number of hydrogen-bond donors (Lipinski definition) is 0. The molecule has 0 bridgehead atoms. The van der Waals surface area contributed by atoms with Crippen molar-refractivity contribution in [3.63, 3.8) is 0 Å². The third-order valence-corrected chi connectivity index (χ3v) is 11.7. The van der Waals surface area contributed by atoms with E-state index >= 15 is 0 Å². The minimum atomic E-state index is -0.760. The first kappa shape index (κ1) is 54.4. The van der Waals surface area contributed by atoms with E-state index in [0.29, 0.717) is 19.3 Å². The molecular formula is C50H96O6. The molecule has 6 heteroatoms. The molecule has 0 spiro atoms. The molecule has 0 aliphatic heterocycles. The number of ether oxygens (including phenoxy) is 3. The molecule has 0 amide bonds. The molecule has 2 atom stereocenters. The van der Waals surface area contributed by atoms with Crippen molar-refractivity contribution in [3.05, 3.63) is 0 Å². The monoisotopic (exact) mass is 793 g/mol. The smallest absolute Gasteiger partial charge is 0.306 e. The second-order valence-electron chi connectivity index (χ2n) is 17.3. The Kier molecular flexibility index (Phi) is 43.2. The highest BCUT2D eigenvalue weighted by Crippen LogP contribution is 2.17. The zero-order valence-electron chi connectivity index (χ0n) is 38.1. The van der Waals surface area contributed by atoms with Gasteiger partial charge in [0.2, 0.25) is 0 Å². The molecule has 0 aliphatic carbocycles. The van der Waals surface area contributed by atoms with Crippen molar-refractivity contribution < 1.29 is 28.6 Å². The lowest BCUT2D eigenvalue weighted by atomic mass is 9.99. The highest BCUT2D eigenvalue weighted by molar-refractivity contribution is 5.71. The number of carbonyl (C=O) groups excluding carboxylic acids is 3. The van der Waals surface area contributed by atoms with Crippen LogP contribution in [-0.2, 0) is 28.6 Å². The predicted octanol–water partition coefficient (Wildman–Crippen LogP) is 15.9. The Labute approximate surface area is 348 Å². The van der Waals surface area contributed by atoms with E-state index in [4.69, 9.17) is 14.2 Å². The quantitative estimate of drug-likeness (QED) is 0.0347. The average Bonchev–Trinajstić information content (AvgIpc) is 3.19. The average molecular weight is 793 g/mol. The molecular weight excluding hydrogens is 697 g/mol. The van der Waals surface area contributed by atoms with Crippen molar-refractivity contribution >= 4 is 17.9 Å². The number of carbonyl (C=O) groups is 3. The third-order valence-electron chi connectivity index (χ3n) is 11.7. The van der Waals surface area contributed by atoms with Gasteiger partial charge in [0.1, 0.15) is 13.2 Å². The van der Waals surface area contributed by atoms with Gasteiger partial charge in [-0.1, -0.05) is 240 Å². The van der Waals surface area contributed by atoms with Crippen LogP contribution in [0.4, 0.5) is 0 Å². The number of rotatable bonds is 45. The van der Waals surface area contributed by atoms with Gasteiger partial charge in [-0.2, -0.15) is 0 Å². The fourth-order valence-corrected chi connectivity index (χ4v) is 7.48. The Morgan fingerprint density at radius 2 is 0.625 bits per heavy atom. The lowest BCUT2D eigenvalue weighted by molar-refractivity contribution is -0.167. The Bertz CT molecular complexity index is 843. The van der Waals surface area contributed by atoms with Crippen molar-refractivity contribution in [2.75, 3.05) is 13.2 Å². The summed E-state index contributed by atoms with van der Waals surface area (Å²) in [5, 5.41) is 0. The van der Waals surface area contributed by atoms with Crippen LogP contribution in [-0.4, -0.2) is 37.2 Å². The summed E-state index contributed by atoms with van der Waals surface area (Å²) in [6.45, 7) is 9.01. The van der Waals surface area contributed by atoms with E-state index < -0.39 is 6.10 Å². The fourth-order valence-electron chi connectivity index (χ4n) is 7.48. The van der Waals surface area contributed by atoms with Crippen LogP contribution in [0.15, 0.2) is 0 Å². The summed E-state index contributed by atoms with van der Waals surface area (Å²) in [6.07, 6.45) is 45.1. The van der Waals surface area contributed by atoms with Crippen LogP contribution in [0.5, 0.6) is 0 Å². The van der Waals surface area contributed by atoms with Crippen molar-refractivity contribution in [2.45, 2.75) is 284 Å². The molecule has 0 aromatic carbocycles. The molecule has 0 heterocycles. The van der Waals surface area contributed by atoms with Crippen LogP contribution in [0.25, 0.3) is 0 Å². The molecule has 0 saturated heterocycles. The van der Waals surface area contributed by atoms with E-state index in [2.05, 4.69) is 27.7 Å². The summed E-state index contributed by atoms with van der Waals surface area (Å²) in [4.78, 5) is 37.8. The Hall–Kier alpha value is -1.59. The second-order valence-corrected chi connectivity index (χ2v) is 17.3. The second kappa shape index (κ2) is 44.5. The molecule has 0 aromatic rings. The summed E-state index contributed by atoms with van der Waals surface area (Å²) < 4.78 is 16.8. The van der Waals surface area contributed by atoms with Crippen LogP contribution >= 0.6 is 0 Å². The highest BCUT2D eigenvalue weighted by Gasteiger charge is 2.19. The van der Waals surface area contributed by atoms with Gasteiger partial charge in [-0.3, -0.25) is 14.4 Å². The van der Waals surface area contributed by atoms with Gasteiger partial charge in [-0.15, -0.1) is 0 Å². The minimum Gasteiger partial charge on any atom is -0.462 e. The maximum Gasteiger partial charge on any atom is 0.306 e. The lowest BCUT2D eigenvalue weighted by Crippen LogP contribution is -2.30. The fraction of sp³-hybridized carbons (Fsp3) is 0.940. The SMILES string of the molecule is CCCCCCCCCCCCCCCCCC(=O)OC[C@@H](COC(=O)CCCCCCCCCCC(C)CC)OC(=O)CCCCCCCCCCCCC. The number of hydrogen-bond acceptors (Lipinski definition) is 6. The van der Waals surface area contributed by atoms with E-state index in [0.717, 1.165) is 63.7 Å². The van der Waals surface area contributed by atoms with Crippen LogP contribution in [0, 0.1) is 5.92 Å². The molecule has 0 aromatic heterocycles. The van der Waals surface area contributed by atoms with Gasteiger partial charge in [-0.05, 0) is 25.2 Å². The largest absolute Gasteiger partial charge is 0.462 e. The molecule has 0 rings (SSSR count). The molecule has 0 N–H and O–H groups in total. The van der Waals surface area contributed by atoms with E-state index in [1.165, 1.54) is 173 Å². The standard InChI is InChI=1S/C50H96O6/c1-5-8-10-12-14-16-18-19-20-21-23-24-29-33-37-41-48(51)54-44-47(56-50(53)43-39-35-31-25-22-17-15-13-11-9-6-2)45-55-49(52)42-38-34-30-27-26-28-32-36-40-46(4)7-3/h46-47H,5-45H2,1-4H3/t46?,47-/m0/s1. The summed E-state index contributed by atoms with van der Waals surface area (Å²) >= 11 is 0. The Balaban J connectivity index is 4.30. The number of unbranched alkanes of at least 4 members (excludes halogenated alkanes) is 31. The van der Waals surface area contributed by atoms with E-state index in [1.807, 2.05) is 0 Å². The van der Waals surface area contributed by atoms with Gasteiger partial charge in [0.25, 0.3) is 0 Å². The summed E-state index contributed by atoms with van der Waals surface area (Å²) in [5.74, 6) is -0.00120. The van der Waals surface area contributed by atoms with E-state index in [-0.39, 0.29) is 31.1 Å². The topological polar surface area (TPSA) is 78.9 Å². The summed E-state index contributed by atoms with van der Waals surface area (Å²) in [6, 6.07) is 0. The molecule has 0 radical (unpaired) electrons. The Morgan fingerprint density at radius 3 is 0.929 bits per heavy atom. The molecule has 6 nitrogen and oxygen atoms in total. The Morgan fingerprint density at radius 1 is 0.357 bits per heavy atom. The van der Waals surface area contributed by atoms with Gasteiger partial charge < -0.3 is 14.2 Å². The minimum absolute atomic E-state index is 0.0633. The van der Waals surface area contributed by atoms with Gasteiger partial charge in [0.05, 0.1) is 0 Å². The van der Waals surface area contributed by atoms with Crippen molar-refractivity contribution in [2.24, 2.45) is 5.92 Å². The molecule has 56 heavy (non-hydrogen) atoms. The number of esters is 3. The van der Waals surface area contributed by atoms with Crippen molar-refractivity contribution in [1.29, 1.82) is 0 Å². The highest BCUT2D eigenvalue weighted by atomic mass is 16.6. The van der Waals surface area contributed by atoms with Crippen molar-refractivity contribution in [1.82, 2.24) is 0 Å². The molecule has 0 fully saturated rings. The first-order chi connectivity index (χ1) is 27.4.